The Balaban J connectivity index is 1.74. The summed E-state index contributed by atoms with van der Waals surface area (Å²) >= 11 is 0. The molecule has 0 saturated heterocycles. The number of rotatable bonds is 6. The Hall–Kier alpha value is -3.79. The van der Waals surface area contributed by atoms with Gasteiger partial charge in [-0.1, -0.05) is 18.2 Å². The van der Waals surface area contributed by atoms with Crippen LogP contribution in [0, 0.1) is 0 Å². The number of carbonyl (C=O) groups is 3. The molecule has 3 heterocycles. The van der Waals surface area contributed by atoms with Crippen molar-refractivity contribution < 1.29 is 67.9 Å². The van der Waals surface area contributed by atoms with Crippen molar-refractivity contribution in [1.29, 1.82) is 0 Å². The van der Waals surface area contributed by atoms with Crippen LogP contribution >= 0.6 is 0 Å². The Labute approximate surface area is 183 Å². The van der Waals surface area contributed by atoms with Crippen LogP contribution in [0.4, 0.5) is 22.0 Å². The van der Waals surface area contributed by atoms with E-state index in [4.69, 9.17) is 18.4 Å². The molecule has 0 amide bonds. The molecule has 0 aliphatic carbocycles. The van der Waals surface area contributed by atoms with Gasteiger partial charge in [-0.3, -0.25) is 4.55 Å². The molecule has 3 aromatic rings. The lowest BCUT2D eigenvalue weighted by molar-refractivity contribution is -0.247. The highest BCUT2D eigenvalue weighted by Gasteiger charge is 2.66. The molecule has 180 valence electrons. The average Bonchev–Trinajstić information content (AvgIpc) is 3.34. The van der Waals surface area contributed by atoms with Gasteiger partial charge in [0.2, 0.25) is 11.5 Å². The van der Waals surface area contributed by atoms with E-state index in [1.807, 2.05) is 0 Å². The summed E-state index contributed by atoms with van der Waals surface area (Å²) in [6.07, 6.45) is -10.9. The van der Waals surface area contributed by atoms with Crippen LogP contribution in [0.5, 0.6) is 11.5 Å². The molecule has 0 fully saturated rings. The van der Waals surface area contributed by atoms with Crippen LogP contribution in [0.3, 0.4) is 0 Å². The summed E-state index contributed by atoms with van der Waals surface area (Å²) < 4.78 is 115. The van der Waals surface area contributed by atoms with E-state index in [0.717, 1.165) is 0 Å². The zero-order chi connectivity index (χ0) is 25.2. The fraction of sp³-hybridized carbons (Fsp3) is 0.167. The van der Waals surface area contributed by atoms with Crippen molar-refractivity contribution in [2.45, 2.75) is 17.5 Å². The summed E-state index contributed by atoms with van der Waals surface area (Å²) in [4.78, 5) is 36.8. The zero-order valence-corrected chi connectivity index (χ0v) is 16.7. The van der Waals surface area contributed by atoms with Gasteiger partial charge in [-0.25, -0.2) is 14.4 Å². The first-order chi connectivity index (χ1) is 15.6. The lowest BCUT2D eigenvalue weighted by Crippen LogP contribution is -2.52. The lowest BCUT2D eigenvalue weighted by Gasteiger charge is -2.25. The largest absolute Gasteiger partial charge is 0.447 e. The van der Waals surface area contributed by atoms with E-state index in [2.05, 4.69) is 4.74 Å². The van der Waals surface area contributed by atoms with Gasteiger partial charge in [0.05, 0.1) is 5.56 Å². The van der Waals surface area contributed by atoms with Gasteiger partial charge in [-0.15, -0.1) is 0 Å². The smallest absolute Gasteiger partial charge is 0.432 e. The molecule has 1 aliphatic rings. The number of fused-ring (bicyclic) bond motifs is 1. The van der Waals surface area contributed by atoms with Crippen LogP contribution < -0.4 is 9.47 Å². The van der Waals surface area contributed by atoms with Crippen molar-refractivity contribution in [3.63, 3.8) is 0 Å². The minimum Gasteiger partial charge on any atom is -0.447 e. The first kappa shape index (κ1) is 23.4. The second-order valence-electron chi connectivity index (χ2n) is 6.68. The highest BCUT2D eigenvalue weighted by molar-refractivity contribution is 7.86. The molecule has 1 unspecified atom stereocenters. The molecule has 2 bridgehead atoms. The average molecular weight is 510 g/mol. The maximum absolute atomic E-state index is 13.8. The molecule has 16 heteroatoms. The third-order valence-electron chi connectivity index (χ3n) is 4.51. The first-order valence-corrected chi connectivity index (χ1v) is 10.1. The summed E-state index contributed by atoms with van der Waals surface area (Å²) in [6.45, 7) is 0. The molecule has 2 aromatic heterocycles. The van der Waals surface area contributed by atoms with Crippen LogP contribution in [-0.4, -0.2) is 48.4 Å². The second-order valence-corrected chi connectivity index (χ2v) is 8.17. The van der Waals surface area contributed by atoms with Crippen LogP contribution in [0.25, 0.3) is 11.2 Å². The lowest BCUT2D eigenvalue weighted by atomic mass is 10.1. The molecular weight excluding hydrogens is 503 g/mol. The van der Waals surface area contributed by atoms with E-state index in [9.17, 15) is 44.8 Å². The van der Waals surface area contributed by atoms with Gasteiger partial charge in [0.25, 0.3) is 6.10 Å². The number of hydrogen-bond donors (Lipinski definition) is 1. The summed E-state index contributed by atoms with van der Waals surface area (Å²) in [5.74, 6) is -5.96. The minimum atomic E-state index is -6.70. The number of alkyl halides is 5. The highest BCUT2D eigenvalue weighted by atomic mass is 32.2. The molecule has 1 N–H and O–H groups in total. The van der Waals surface area contributed by atoms with Crippen molar-refractivity contribution in [3.05, 3.63) is 47.0 Å². The Bertz CT molecular complexity index is 1420. The third kappa shape index (κ3) is 3.50. The minimum absolute atomic E-state index is 0.0356. The maximum Gasteiger partial charge on any atom is 0.432 e. The molecule has 34 heavy (non-hydrogen) atoms. The van der Waals surface area contributed by atoms with Crippen molar-refractivity contribution >= 4 is 39.2 Å². The molecule has 0 radical (unpaired) electrons. The summed E-state index contributed by atoms with van der Waals surface area (Å²) in [5, 5.41) is -6.01. The highest BCUT2D eigenvalue weighted by Crippen LogP contribution is 2.52. The molecule has 1 atom stereocenters. The molecule has 4 rings (SSSR count). The molecular formula is C18H7F5O10S. The van der Waals surface area contributed by atoms with Crippen LogP contribution in [-0.2, 0) is 14.9 Å². The van der Waals surface area contributed by atoms with E-state index < -0.39 is 79.4 Å². The SMILES string of the molecule is O=C(Oc1c2c3oc1c(C(=O)OC(C(F)(F)F)C(F)(F)S(=O)(=O)O)c3C(=O)O2)c1ccccc1. The number of carbonyl (C=O) groups excluding carboxylic acids is 3. The van der Waals surface area contributed by atoms with Gasteiger partial charge in [-0.2, -0.15) is 30.4 Å². The van der Waals surface area contributed by atoms with Gasteiger partial charge >= 0.3 is 39.5 Å². The van der Waals surface area contributed by atoms with E-state index >= 15 is 0 Å². The van der Waals surface area contributed by atoms with Crippen molar-refractivity contribution in [2.75, 3.05) is 0 Å². The van der Waals surface area contributed by atoms with Crippen LogP contribution in [0.1, 0.15) is 31.1 Å². The predicted octanol–water partition coefficient (Wildman–Crippen LogP) is 3.19. The Morgan fingerprint density at radius 3 is 2.18 bits per heavy atom. The van der Waals surface area contributed by atoms with Crippen molar-refractivity contribution in [3.8, 4) is 11.5 Å². The number of hydrogen-bond acceptors (Lipinski definition) is 9. The number of benzene rings is 2. The maximum atomic E-state index is 13.8. The van der Waals surface area contributed by atoms with E-state index in [1.165, 1.54) is 24.3 Å². The Morgan fingerprint density at radius 2 is 1.62 bits per heavy atom. The Kier molecular flexibility index (Phi) is 5.06. The summed E-state index contributed by atoms with van der Waals surface area (Å²) in [6, 6.07) is 7.09. The van der Waals surface area contributed by atoms with E-state index in [0.29, 0.717) is 0 Å². The van der Waals surface area contributed by atoms with Crippen molar-refractivity contribution in [2.24, 2.45) is 0 Å². The third-order valence-corrected chi connectivity index (χ3v) is 5.41. The Morgan fingerprint density at radius 1 is 1.00 bits per heavy atom. The zero-order valence-electron chi connectivity index (χ0n) is 15.9. The fourth-order valence-corrected chi connectivity index (χ4v) is 3.48. The normalized spacial score (nSPS) is 14.8. The molecule has 10 nitrogen and oxygen atoms in total. The summed E-state index contributed by atoms with van der Waals surface area (Å²) in [7, 11) is -6.70. The second kappa shape index (κ2) is 7.36. The molecule has 1 aromatic carbocycles. The number of furan rings is 2. The van der Waals surface area contributed by atoms with Gasteiger partial charge in [0.1, 0.15) is 11.1 Å². The molecule has 0 spiro atoms. The fourth-order valence-electron chi connectivity index (χ4n) is 3.03. The van der Waals surface area contributed by atoms with E-state index in [-0.39, 0.29) is 5.56 Å². The first-order valence-electron chi connectivity index (χ1n) is 8.68. The monoisotopic (exact) mass is 510 g/mol. The standard InChI is InChI=1S/C18H7F5O10S/c19-17(20,21)16(18(22,23)34(27,28)29)33-15(26)8-7-9-12(32-14(7)25)11(10(8)30-9)31-13(24)6-4-2-1-3-5-6/h1-5,16H,(H,27,28,29). The van der Waals surface area contributed by atoms with Crippen LogP contribution in [0.15, 0.2) is 34.7 Å². The van der Waals surface area contributed by atoms with Gasteiger partial charge in [0.15, 0.2) is 11.2 Å². The predicted molar refractivity (Wildman–Crippen MR) is 95.5 cm³/mol. The van der Waals surface area contributed by atoms with Gasteiger partial charge in [-0.05, 0) is 12.1 Å². The quantitative estimate of drug-likeness (QED) is 0.227. The number of ether oxygens (including phenoxy) is 3. The van der Waals surface area contributed by atoms with Crippen LogP contribution in [0.2, 0.25) is 0 Å². The van der Waals surface area contributed by atoms with Gasteiger partial charge in [0, 0.05) is 0 Å². The molecule has 1 aliphatic heterocycles. The number of halogens is 5. The van der Waals surface area contributed by atoms with E-state index in [1.54, 1.807) is 6.07 Å². The molecule has 0 saturated carbocycles. The van der Waals surface area contributed by atoms with Crippen molar-refractivity contribution in [1.82, 2.24) is 0 Å². The van der Waals surface area contributed by atoms with Gasteiger partial charge < -0.3 is 18.6 Å². The topological polar surface area (TPSA) is 146 Å². The summed E-state index contributed by atoms with van der Waals surface area (Å²) in [5.41, 5.74) is -3.43. The number of esters is 3.